The summed E-state index contributed by atoms with van der Waals surface area (Å²) in [6.45, 7) is 8.34. The third-order valence-electron chi connectivity index (χ3n) is 8.83. The fraction of sp³-hybridized carbons (Fsp3) is 0.395. The zero-order chi connectivity index (χ0) is 40.2. The van der Waals surface area contributed by atoms with Gasteiger partial charge in [0.2, 0.25) is 5.91 Å². The van der Waals surface area contributed by atoms with Gasteiger partial charge < -0.3 is 39.9 Å². The van der Waals surface area contributed by atoms with Crippen LogP contribution in [0.1, 0.15) is 46.5 Å². The Morgan fingerprint density at radius 3 is 2.16 bits per heavy atom. The van der Waals surface area contributed by atoms with Crippen LogP contribution in [0.3, 0.4) is 0 Å². The third kappa shape index (κ3) is 9.23. The fourth-order valence-electron chi connectivity index (χ4n) is 6.16. The molecule has 0 spiro atoms. The summed E-state index contributed by atoms with van der Waals surface area (Å²) in [4.78, 5) is 62.2. The summed E-state index contributed by atoms with van der Waals surface area (Å²) in [5.74, 6) is -0.958. The van der Waals surface area contributed by atoms with Crippen LogP contribution in [-0.4, -0.2) is 95.8 Å². The number of anilines is 2. The number of carbonyl (C=O) groups excluding carboxylic acids is 3. The van der Waals surface area contributed by atoms with Crippen molar-refractivity contribution in [3.8, 4) is 11.5 Å². The van der Waals surface area contributed by atoms with Crippen LogP contribution in [0, 0.1) is 11.6 Å². The number of alkyl carbamates (subject to hydrolysis) is 1. The topological polar surface area (TPSA) is 168 Å². The number of nitrogens with zero attached hydrogens (tertiary/aromatic N) is 5. The van der Waals surface area contributed by atoms with Crippen molar-refractivity contribution in [3.63, 3.8) is 0 Å². The zero-order valence-electron chi connectivity index (χ0n) is 31.6. The summed E-state index contributed by atoms with van der Waals surface area (Å²) >= 11 is 0. The highest BCUT2D eigenvalue weighted by molar-refractivity contribution is 6.03. The van der Waals surface area contributed by atoms with Crippen LogP contribution in [0.5, 0.6) is 11.5 Å². The van der Waals surface area contributed by atoms with Crippen LogP contribution in [0.15, 0.2) is 65.5 Å². The average molecular weight is 766 g/mol. The van der Waals surface area contributed by atoms with Crippen molar-refractivity contribution in [1.29, 1.82) is 0 Å². The Hall–Kier alpha value is -5.97. The molecule has 2 heterocycles. The number of aromatic nitrogens is 2. The van der Waals surface area contributed by atoms with E-state index < -0.39 is 59.0 Å². The molecule has 1 fully saturated rings. The number of hydrogen-bond acceptors (Lipinski definition) is 10. The van der Waals surface area contributed by atoms with Crippen LogP contribution in [0.4, 0.5) is 29.7 Å². The predicted octanol–water partition coefficient (Wildman–Crippen LogP) is 4.55. The summed E-state index contributed by atoms with van der Waals surface area (Å²) in [5.41, 5.74) is -0.808. The first kappa shape index (κ1) is 40.2. The van der Waals surface area contributed by atoms with Gasteiger partial charge in [0.15, 0.2) is 5.82 Å². The highest BCUT2D eigenvalue weighted by Gasteiger charge is 2.36. The van der Waals surface area contributed by atoms with Gasteiger partial charge in [0.05, 0.1) is 56.0 Å². The molecule has 0 saturated carbocycles. The maximum atomic E-state index is 14.6. The average Bonchev–Trinajstić information content (AvgIpc) is 3.13. The lowest BCUT2D eigenvalue weighted by molar-refractivity contribution is -0.136. The first-order chi connectivity index (χ1) is 26.0. The van der Waals surface area contributed by atoms with E-state index in [1.165, 1.54) is 66.0 Å². The van der Waals surface area contributed by atoms with E-state index >= 15 is 0 Å². The predicted molar refractivity (Wildman–Crippen MR) is 201 cm³/mol. The number of rotatable bonds is 10. The number of ether oxygens (including phenoxy) is 3. The van der Waals surface area contributed by atoms with Gasteiger partial charge in [0.25, 0.3) is 5.56 Å². The van der Waals surface area contributed by atoms with Gasteiger partial charge in [-0.25, -0.2) is 28.0 Å². The molecule has 5 rings (SSSR count). The van der Waals surface area contributed by atoms with E-state index in [4.69, 9.17) is 19.2 Å². The lowest BCUT2D eigenvalue weighted by Gasteiger charge is -2.40. The number of fused-ring (bicyclic) bond motifs is 1. The highest BCUT2D eigenvalue weighted by atomic mass is 19.1. The number of carbonyl (C=O) groups is 3. The number of hydrogen-bond donors (Lipinski definition) is 3. The molecule has 17 heteroatoms. The minimum atomic E-state index is -1.30. The van der Waals surface area contributed by atoms with E-state index in [-0.39, 0.29) is 60.0 Å². The molecule has 1 aliphatic heterocycles. The summed E-state index contributed by atoms with van der Waals surface area (Å²) in [7, 11) is 2.89. The summed E-state index contributed by atoms with van der Waals surface area (Å²) in [6, 6.07) is 10.5. The van der Waals surface area contributed by atoms with E-state index in [0.29, 0.717) is 5.75 Å². The smallest absolute Gasteiger partial charge is 0.408 e. The summed E-state index contributed by atoms with van der Waals surface area (Å²) in [5, 5.41) is 17.4. The standard InChI is InChI=1S/C38H45F2N7O8/c1-22(46(30-15-13-27(53-6)21-31(30)54-7)36(51)41-26-11-8-24(39)9-12-26)33-42-29-20-25(40)10-14-28(29)34(49)47(33)45-18-16-44(17-19-45)35(50)32(23(2)48)43-37(52)55-38(3,4)5/h8-15,20-23,32,48H,16-19H2,1-7H3,(H,41,51)(H,43,52). The number of piperazine rings is 1. The van der Waals surface area contributed by atoms with Gasteiger partial charge in [0, 0.05) is 30.9 Å². The van der Waals surface area contributed by atoms with Crippen LogP contribution in [0.25, 0.3) is 10.9 Å². The Morgan fingerprint density at radius 2 is 1.56 bits per heavy atom. The third-order valence-corrected chi connectivity index (χ3v) is 8.83. The molecule has 3 atom stereocenters. The largest absolute Gasteiger partial charge is 0.497 e. The number of urea groups is 1. The van der Waals surface area contributed by atoms with Crippen molar-refractivity contribution in [2.75, 3.05) is 55.6 Å². The molecule has 55 heavy (non-hydrogen) atoms. The quantitative estimate of drug-likeness (QED) is 0.209. The fourth-order valence-corrected chi connectivity index (χ4v) is 6.16. The summed E-state index contributed by atoms with van der Waals surface area (Å²) in [6.07, 6.45) is -2.11. The van der Waals surface area contributed by atoms with Crippen LogP contribution < -0.4 is 35.6 Å². The Kier molecular flexibility index (Phi) is 12.1. The number of halogens is 2. The van der Waals surface area contributed by atoms with Crippen molar-refractivity contribution >= 4 is 40.3 Å². The van der Waals surface area contributed by atoms with E-state index in [0.717, 1.165) is 12.1 Å². The normalized spacial score (nSPS) is 14.8. The second kappa shape index (κ2) is 16.6. The molecular weight excluding hydrogens is 720 g/mol. The van der Waals surface area contributed by atoms with Gasteiger partial charge in [0.1, 0.15) is 34.8 Å². The van der Waals surface area contributed by atoms with E-state index in [9.17, 15) is 33.1 Å². The van der Waals surface area contributed by atoms with E-state index in [1.54, 1.807) is 50.9 Å². The maximum Gasteiger partial charge on any atom is 0.408 e. The second-order valence-corrected chi connectivity index (χ2v) is 13.9. The molecule has 3 aromatic carbocycles. The molecule has 4 amide bonds. The Balaban J connectivity index is 1.54. The maximum absolute atomic E-state index is 14.6. The van der Waals surface area contributed by atoms with E-state index in [1.807, 2.05) is 0 Å². The van der Waals surface area contributed by atoms with Gasteiger partial charge in [-0.1, -0.05) is 0 Å². The van der Waals surface area contributed by atoms with Crippen molar-refractivity contribution in [2.24, 2.45) is 0 Å². The molecule has 15 nitrogen and oxygen atoms in total. The second-order valence-electron chi connectivity index (χ2n) is 13.9. The van der Waals surface area contributed by atoms with Crippen molar-refractivity contribution < 1.29 is 42.5 Å². The number of benzene rings is 3. The van der Waals surface area contributed by atoms with Gasteiger partial charge >= 0.3 is 12.1 Å². The number of aliphatic hydroxyl groups excluding tert-OH is 1. The Labute approximate surface area is 316 Å². The van der Waals surface area contributed by atoms with Gasteiger partial charge in [-0.3, -0.25) is 14.5 Å². The highest BCUT2D eigenvalue weighted by Crippen LogP contribution is 2.37. The molecule has 3 unspecified atom stereocenters. The number of methoxy groups -OCH3 is 2. The first-order valence-corrected chi connectivity index (χ1v) is 17.5. The number of nitrogens with one attached hydrogen (secondary N) is 2. The molecule has 3 N–H and O–H groups in total. The number of amides is 4. The zero-order valence-corrected chi connectivity index (χ0v) is 31.6. The van der Waals surface area contributed by atoms with Gasteiger partial charge in [-0.2, -0.15) is 0 Å². The molecular formula is C38H45F2N7O8. The first-order valence-electron chi connectivity index (χ1n) is 17.5. The minimum Gasteiger partial charge on any atom is -0.497 e. The summed E-state index contributed by atoms with van der Waals surface area (Å²) < 4.78 is 45.9. The molecule has 0 radical (unpaired) electrons. The Morgan fingerprint density at radius 1 is 0.909 bits per heavy atom. The monoisotopic (exact) mass is 765 g/mol. The minimum absolute atomic E-state index is 0.0449. The van der Waals surface area contributed by atoms with E-state index in [2.05, 4.69) is 10.6 Å². The molecule has 4 aromatic rings. The molecule has 1 saturated heterocycles. The van der Waals surface area contributed by atoms with Crippen LogP contribution in [0.2, 0.25) is 0 Å². The van der Waals surface area contributed by atoms with Crippen LogP contribution >= 0.6 is 0 Å². The molecule has 0 aliphatic carbocycles. The lowest BCUT2D eigenvalue weighted by atomic mass is 10.1. The number of aliphatic hydroxyl groups is 1. The van der Waals surface area contributed by atoms with Crippen molar-refractivity contribution in [3.05, 3.63) is 88.5 Å². The Bertz CT molecular complexity index is 2100. The van der Waals surface area contributed by atoms with Crippen LogP contribution in [-0.2, 0) is 9.53 Å². The SMILES string of the molecule is COc1ccc(N(C(=O)Nc2ccc(F)cc2)C(C)c2nc3cc(F)ccc3c(=O)n2N2CCN(C(=O)C(NC(=O)OC(C)(C)C)C(C)O)CC2)c(OC)c1. The van der Waals surface area contributed by atoms with Crippen molar-refractivity contribution in [1.82, 2.24) is 19.9 Å². The molecule has 1 aromatic heterocycles. The molecule has 294 valence electrons. The lowest BCUT2D eigenvalue weighted by Crippen LogP contribution is -2.61. The molecule has 0 bridgehead atoms. The van der Waals surface area contributed by atoms with Gasteiger partial charge in [-0.15, -0.1) is 0 Å². The molecule has 1 aliphatic rings. The van der Waals surface area contributed by atoms with Crippen molar-refractivity contribution in [2.45, 2.75) is 58.4 Å². The van der Waals surface area contributed by atoms with Gasteiger partial charge in [-0.05, 0) is 83.1 Å².